The van der Waals surface area contributed by atoms with Crippen LogP contribution in [0, 0.1) is 0 Å². The second-order valence-electron chi connectivity index (χ2n) is 5.11. The van der Waals surface area contributed by atoms with Gasteiger partial charge in [0.2, 0.25) is 15.8 Å². The Hall–Kier alpha value is -2.20. The molecule has 136 valence electrons. The van der Waals surface area contributed by atoms with E-state index in [1.807, 2.05) is 0 Å². The Morgan fingerprint density at radius 3 is 2.40 bits per heavy atom. The van der Waals surface area contributed by atoms with Gasteiger partial charge in [-0.1, -0.05) is 42.4 Å². The van der Waals surface area contributed by atoms with E-state index in [0.717, 1.165) is 0 Å². The molecule has 0 spiro atoms. The summed E-state index contributed by atoms with van der Waals surface area (Å²) in [6.45, 7) is 5.58. The fourth-order valence-corrected chi connectivity index (χ4v) is 3.33. The zero-order valence-electron chi connectivity index (χ0n) is 13.3. The average Bonchev–Trinajstić information content (AvgIpc) is 3.03. The molecular weight excluding hydrogens is 359 g/mol. The van der Waals surface area contributed by atoms with Crippen molar-refractivity contribution in [3.8, 4) is 11.4 Å². The zero-order chi connectivity index (χ0) is 18.7. The van der Waals surface area contributed by atoms with E-state index in [1.165, 1.54) is 22.5 Å². The summed E-state index contributed by atoms with van der Waals surface area (Å²) in [6, 6.07) is 6.22. The number of hydrogen-bond acceptors (Lipinski definition) is 5. The Kier molecular flexibility index (Phi) is 5.63. The number of hydrogen-bond donors (Lipinski definition) is 0. The molecule has 25 heavy (non-hydrogen) atoms. The third kappa shape index (κ3) is 4.67. The summed E-state index contributed by atoms with van der Waals surface area (Å²) in [7, 11) is -3.45. The Labute approximate surface area is 143 Å². The minimum absolute atomic E-state index is 0.146. The van der Waals surface area contributed by atoms with Gasteiger partial charge < -0.3 is 4.52 Å². The van der Waals surface area contributed by atoms with E-state index in [-0.39, 0.29) is 24.7 Å². The van der Waals surface area contributed by atoms with Gasteiger partial charge in [-0.15, -0.1) is 6.58 Å². The standard InChI is InChI=1S/C15H16F3N3O3S/c1-3-9-25(22,23)21(4-2)10-11-5-7-12(8-6-11)13-19-14(24-20-13)15(16,17)18/h3,5-8H,1,4,9-10H2,2H3. The molecule has 0 N–H and O–H groups in total. The second kappa shape index (κ2) is 7.36. The normalized spacial score (nSPS) is 12.5. The van der Waals surface area contributed by atoms with Crippen LogP contribution in [0.3, 0.4) is 0 Å². The topological polar surface area (TPSA) is 76.3 Å². The SMILES string of the molecule is C=CCS(=O)(=O)N(CC)Cc1ccc(-c2noc(C(F)(F)F)n2)cc1. The van der Waals surface area contributed by atoms with Crippen LogP contribution in [0.1, 0.15) is 18.4 Å². The number of sulfonamides is 1. The Morgan fingerprint density at radius 2 is 1.92 bits per heavy atom. The number of halogens is 3. The van der Waals surface area contributed by atoms with E-state index >= 15 is 0 Å². The lowest BCUT2D eigenvalue weighted by Crippen LogP contribution is -2.31. The average molecular weight is 375 g/mol. The summed E-state index contributed by atoms with van der Waals surface area (Å²) in [5, 5.41) is 3.30. The molecule has 6 nitrogen and oxygen atoms in total. The summed E-state index contributed by atoms with van der Waals surface area (Å²) in [4.78, 5) is 3.30. The number of alkyl halides is 3. The number of aromatic nitrogens is 2. The van der Waals surface area contributed by atoms with Crippen LogP contribution < -0.4 is 0 Å². The van der Waals surface area contributed by atoms with Gasteiger partial charge in [-0.05, 0) is 5.56 Å². The fraction of sp³-hybridized carbons (Fsp3) is 0.333. The maximum atomic E-state index is 12.5. The summed E-state index contributed by atoms with van der Waals surface area (Å²) < 4.78 is 67.0. The molecule has 1 aromatic carbocycles. The smallest absolute Gasteiger partial charge is 0.329 e. The largest absolute Gasteiger partial charge is 0.471 e. The van der Waals surface area contributed by atoms with Crippen LogP contribution in [-0.2, 0) is 22.7 Å². The van der Waals surface area contributed by atoms with Gasteiger partial charge in [0, 0.05) is 18.7 Å². The summed E-state index contributed by atoms with van der Waals surface area (Å²) in [5.74, 6) is -1.77. The van der Waals surface area contributed by atoms with Crippen molar-refractivity contribution in [3.05, 3.63) is 48.4 Å². The number of benzene rings is 1. The highest BCUT2D eigenvalue weighted by atomic mass is 32.2. The first-order valence-corrected chi connectivity index (χ1v) is 8.87. The van der Waals surface area contributed by atoms with Crippen molar-refractivity contribution < 1.29 is 26.1 Å². The molecule has 0 aliphatic rings. The highest BCUT2D eigenvalue weighted by Crippen LogP contribution is 2.29. The van der Waals surface area contributed by atoms with Gasteiger partial charge in [-0.25, -0.2) is 8.42 Å². The summed E-state index contributed by atoms with van der Waals surface area (Å²) in [6.07, 6.45) is -3.39. The van der Waals surface area contributed by atoms with Gasteiger partial charge in [-0.3, -0.25) is 0 Å². The third-order valence-corrected chi connectivity index (χ3v) is 5.15. The maximum Gasteiger partial charge on any atom is 0.471 e. The Morgan fingerprint density at radius 1 is 1.28 bits per heavy atom. The lowest BCUT2D eigenvalue weighted by molar-refractivity contribution is -0.159. The van der Waals surface area contributed by atoms with Gasteiger partial charge >= 0.3 is 12.1 Å². The lowest BCUT2D eigenvalue weighted by Gasteiger charge is -2.19. The molecule has 2 aromatic rings. The van der Waals surface area contributed by atoms with Crippen molar-refractivity contribution in [1.82, 2.24) is 14.4 Å². The van der Waals surface area contributed by atoms with Gasteiger partial charge in [0.1, 0.15) is 0 Å². The van der Waals surface area contributed by atoms with Crippen LogP contribution in [0.5, 0.6) is 0 Å². The van der Waals surface area contributed by atoms with Crippen molar-refractivity contribution in [2.24, 2.45) is 0 Å². The number of nitrogens with zero attached hydrogens (tertiary/aromatic N) is 3. The summed E-state index contributed by atoms with van der Waals surface area (Å²) in [5.41, 5.74) is 1.01. The van der Waals surface area contributed by atoms with E-state index in [1.54, 1.807) is 19.1 Å². The minimum Gasteiger partial charge on any atom is -0.329 e. The molecule has 1 heterocycles. The summed E-state index contributed by atoms with van der Waals surface area (Å²) >= 11 is 0. The highest BCUT2D eigenvalue weighted by molar-refractivity contribution is 7.89. The molecule has 0 aliphatic carbocycles. The van der Waals surface area contributed by atoms with Crippen molar-refractivity contribution in [2.75, 3.05) is 12.3 Å². The van der Waals surface area contributed by atoms with E-state index in [2.05, 4.69) is 21.2 Å². The molecule has 0 bridgehead atoms. The van der Waals surface area contributed by atoms with Gasteiger partial charge in [0.05, 0.1) is 5.75 Å². The lowest BCUT2D eigenvalue weighted by atomic mass is 10.1. The van der Waals surface area contributed by atoms with E-state index in [4.69, 9.17) is 0 Å². The highest BCUT2D eigenvalue weighted by Gasteiger charge is 2.38. The fourth-order valence-electron chi connectivity index (χ4n) is 2.08. The van der Waals surface area contributed by atoms with Crippen molar-refractivity contribution in [1.29, 1.82) is 0 Å². The minimum atomic E-state index is -4.70. The molecule has 0 unspecified atom stereocenters. The number of rotatable bonds is 7. The van der Waals surface area contributed by atoms with Gasteiger partial charge in [0.15, 0.2) is 0 Å². The van der Waals surface area contributed by atoms with Gasteiger partial charge in [0.25, 0.3) is 0 Å². The van der Waals surface area contributed by atoms with E-state index in [9.17, 15) is 21.6 Å². The first-order valence-electron chi connectivity index (χ1n) is 7.26. The zero-order valence-corrected chi connectivity index (χ0v) is 14.1. The Balaban J connectivity index is 2.17. The molecular formula is C15H16F3N3O3S. The van der Waals surface area contributed by atoms with E-state index < -0.39 is 22.1 Å². The van der Waals surface area contributed by atoms with Crippen molar-refractivity contribution in [3.63, 3.8) is 0 Å². The predicted molar refractivity (Wildman–Crippen MR) is 84.8 cm³/mol. The monoisotopic (exact) mass is 375 g/mol. The van der Waals surface area contributed by atoms with Gasteiger partial charge in [-0.2, -0.15) is 22.5 Å². The van der Waals surface area contributed by atoms with Crippen LogP contribution in [0.2, 0.25) is 0 Å². The first-order chi connectivity index (χ1) is 11.7. The quantitative estimate of drug-likeness (QED) is 0.695. The molecule has 0 radical (unpaired) electrons. The van der Waals surface area contributed by atoms with Crippen LogP contribution in [0.25, 0.3) is 11.4 Å². The first kappa shape index (κ1) is 19.1. The molecule has 0 aliphatic heterocycles. The predicted octanol–water partition coefficient (Wildman–Crippen LogP) is 3.09. The molecule has 10 heteroatoms. The van der Waals surface area contributed by atoms with Crippen LogP contribution in [-0.4, -0.2) is 35.2 Å². The third-order valence-electron chi connectivity index (χ3n) is 3.31. The molecule has 2 rings (SSSR count). The molecule has 0 atom stereocenters. The van der Waals surface area contributed by atoms with E-state index in [0.29, 0.717) is 11.1 Å². The molecule has 0 fully saturated rings. The molecule has 1 aromatic heterocycles. The van der Waals surface area contributed by atoms with Crippen LogP contribution in [0.4, 0.5) is 13.2 Å². The van der Waals surface area contributed by atoms with Crippen LogP contribution in [0.15, 0.2) is 41.4 Å². The van der Waals surface area contributed by atoms with Crippen LogP contribution >= 0.6 is 0 Å². The molecule has 0 amide bonds. The molecule has 0 saturated carbocycles. The molecule has 0 saturated heterocycles. The van der Waals surface area contributed by atoms with Crippen molar-refractivity contribution >= 4 is 10.0 Å². The maximum absolute atomic E-state index is 12.5. The second-order valence-corrected chi connectivity index (χ2v) is 7.12. The van der Waals surface area contributed by atoms with Crippen molar-refractivity contribution in [2.45, 2.75) is 19.6 Å². The Bertz CT molecular complexity index is 830.